The summed E-state index contributed by atoms with van der Waals surface area (Å²) in [5.74, 6) is 0. The van der Waals surface area contributed by atoms with E-state index < -0.39 is 0 Å². The quantitative estimate of drug-likeness (QED) is 0.391. The van der Waals surface area contributed by atoms with Crippen LogP contribution in [0.2, 0.25) is 0 Å². The van der Waals surface area contributed by atoms with Crippen molar-refractivity contribution < 1.29 is 0 Å². The Morgan fingerprint density at radius 2 is 0.862 bits per heavy atom. The van der Waals surface area contributed by atoms with E-state index >= 15 is 0 Å². The van der Waals surface area contributed by atoms with Crippen molar-refractivity contribution in [2.45, 2.75) is 0 Å². The summed E-state index contributed by atoms with van der Waals surface area (Å²) in [6.07, 6.45) is 0. The fourth-order valence-corrected chi connectivity index (χ4v) is 3.74. The Hall–Kier alpha value is -4.34. The summed E-state index contributed by atoms with van der Waals surface area (Å²) in [7, 11) is 0. The molecule has 4 aromatic carbocycles. The Balaban J connectivity index is 1.58. The van der Waals surface area contributed by atoms with Crippen LogP contribution in [0.15, 0.2) is 84.9 Å². The molecule has 29 heavy (non-hydrogen) atoms. The van der Waals surface area contributed by atoms with Crippen LogP contribution in [0.25, 0.3) is 44.1 Å². The number of hydrogen-bond acceptors (Lipinski definition) is 2. The molecule has 0 amide bonds. The van der Waals surface area contributed by atoms with Crippen LogP contribution in [0.1, 0.15) is 11.1 Å². The van der Waals surface area contributed by atoms with E-state index in [1.165, 1.54) is 10.8 Å². The Bertz CT molecular complexity index is 1330. The van der Waals surface area contributed by atoms with Gasteiger partial charge in [0.2, 0.25) is 0 Å². The molecule has 0 radical (unpaired) electrons. The van der Waals surface area contributed by atoms with Gasteiger partial charge in [-0.3, -0.25) is 0 Å². The number of aromatic amines is 1. The lowest BCUT2D eigenvalue weighted by Gasteiger charge is -2.03. The van der Waals surface area contributed by atoms with Gasteiger partial charge in [0.15, 0.2) is 0 Å². The lowest BCUT2D eigenvalue weighted by Crippen LogP contribution is -1.79. The highest BCUT2D eigenvalue weighted by Gasteiger charge is 2.08. The van der Waals surface area contributed by atoms with Crippen molar-refractivity contribution in [2.24, 2.45) is 0 Å². The molecule has 0 spiro atoms. The van der Waals surface area contributed by atoms with Crippen LogP contribution in [-0.2, 0) is 0 Å². The summed E-state index contributed by atoms with van der Waals surface area (Å²) in [4.78, 5) is 3.54. The minimum Gasteiger partial charge on any atom is -0.354 e. The number of aromatic nitrogens is 1. The zero-order valence-electron chi connectivity index (χ0n) is 15.5. The number of nitriles is 2. The summed E-state index contributed by atoms with van der Waals surface area (Å²) >= 11 is 0. The molecule has 0 aliphatic carbocycles. The normalized spacial score (nSPS) is 10.7. The molecule has 3 nitrogen and oxygen atoms in total. The largest absolute Gasteiger partial charge is 0.354 e. The molecular weight excluding hydrogens is 354 g/mol. The number of nitrogens with one attached hydrogen (secondary N) is 1. The molecule has 1 heterocycles. The predicted molar refractivity (Wildman–Crippen MR) is 116 cm³/mol. The average Bonchev–Trinajstić information content (AvgIpc) is 3.16. The van der Waals surface area contributed by atoms with Crippen molar-refractivity contribution in [2.75, 3.05) is 0 Å². The summed E-state index contributed by atoms with van der Waals surface area (Å²) in [5, 5.41) is 20.3. The second kappa shape index (κ2) is 6.68. The van der Waals surface area contributed by atoms with Gasteiger partial charge in [-0.15, -0.1) is 0 Å². The molecule has 5 rings (SSSR count). The van der Waals surface area contributed by atoms with Gasteiger partial charge in [-0.05, 0) is 58.7 Å². The minimum atomic E-state index is 0.663. The Labute approximate surface area is 168 Å². The lowest BCUT2D eigenvalue weighted by molar-refractivity contribution is 1.48. The maximum absolute atomic E-state index is 8.98. The molecule has 134 valence electrons. The van der Waals surface area contributed by atoms with Gasteiger partial charge < -0.3 is 4.98 Å². The maximum atomic E-state index is 8.98. The van der Waals surface area contributed by atoms with Gasteiger partial charge in [-0.25, -0.2) is 0 Å². The van der Waals surface area contributed by atoms with Gasteiger partial charge in [0.25, 0.3) is 0 Å². The number of benzene rings is 4. The molecule has 0 atom stereocenters. The molecule has 0 aliphatic heterocycles. The third-order valence-corrected chi connectivity index (χ3v) is 5.29. The predicted octanol–water partition coefficient (Wildman–Crippen LogP) is 6.40. The average molecular weight is 369 g/mol. The topological polar surface area (TPSA) is 63.4 Å². The number of H-pyrrole nitrogens is 1. The number of nitrogens with zero attached hydrogens (tertiary/aromatic N) is 2. The van der Waals surface area contributed by atoms with E-state index in [4.69, 9.17) is 10.5 Å². The molecule has 0 unspecified atom stereocenters. The third-order valence-electron chi connectivity index (χ3n) is 5.29. The molecule has 3 heteroatoms. The van der Waals surface area contributed by atoms with Crippen LogP contribution in [-0.4, -0.2) is 4.98 Å². The van der Waals surface area contributed by atoms with Gasteiger partial charge in [0, 0.05) is 21.8 Å². The van der Waals surface area contributed by atoms with E-state index in [0.29, 0.717) is 11.1 Å². The number of hydrogen-bond donors (Lipinski definition) is 1. The van der Waals surface area contributed by atoms with Gasteiger partial charge in [0.1, 0.15) is 0 Å². The van der Waals surface area contributed by atoms with E-state index in [-0.39, 0.29) is 0 Å². The molecule has 1 aromatic heterocycles. The first-order valence-electron chi connectivity index (χ1n) is 9.32. The Morgan fingerprint density at radius 1 is 0.483 bits per heavy atom. The molecule has 5 aromatic rings. The minimum absolute atomic E-state index is 0.663. The zero-order chi connectivity index (χ0) is 19.8. The summed E-state index contributed by atoms with van der Waals surface area (Å²) in [6, 6.07) is 32.4. The van der Waals surface area contributed by atoms with Crippen LogP contribution in [0.5, 0.6) is 0 Å². The molecule has 0 fully saturated rings. The highest BCUT2D eigenvalue weighted by Crippen LogP contribution is 2.32. The first-order valence-corrected chi connectivity index (χ1v) is 9.32. The monoisotopic (exact) mass is 369 g/mol. The van der Waals surface area contributed by atoms with Crippen LogP contribution in [0.4, 0.5) is 0 Å². The second-order valence-corrected chi connectivity index (χ2v) is 7.02. The van der Waals surface area contributed by atoms with Crippen molar-refractivity contribution in [1.82, 2.24) is 4.98 Å². The van der Waals surface area contributed by atoms with Crippen LogP contribution in [0, 0.1) is 22.7 Å². The van der Waals surface area contributed by atoms with Crippen molar-refractivity contribution in [3.05, 3.63) is 96.1 Å². The van der Waals surface area contributed by atoms with Crippen LogP contribution >= 0.6 is 0 Å². The SMILES string of the molecule is N#Cc1ccc(-c2ccc3c(c2)[nH]c2cc(-c4ccc(C#N)cc4)ccc23)cc1. The van der Waals surface area contributed by atoms with Crippen LogP contribution < -0.4 is 0 Å². The summed E-state index contributed by atoms with van der Waals surface area (Å²) < 4.78 is 0. The number of rotatable bonds is 2. The molecule has 0 aliphatic rings. The molecule has 1 N–H and O–H groups in total. The molecule has 0 saturated heterocycles. The molecular formula is C26H15N3. The van der Waals surface area contributed by atoms with Crippen molar-refractivity contribution >= 4 is 21.8 Å². The van der Waals surface area contributed by atoms with Crippen molar-refractivity contribution in [1.29, 1.82) is 10.5 Å². The van der Waals surface area contributed by atoms with Crippen molar-refractivity contribution in [3.8, 4) is 34.4 Å². The highest BCUT2D eigenvalue weighted by atomic mass is 14.7. The van der Waals surface area contributed by atoms with E-state index in [1.807, 2.05) is 48.5 Å². The zero-order valence-corrected chi connectivity index (χ0v) is 15.5. The Morgan fingerprint density at radius 3 is 1.24 bits per heavy atom. The first kappa shape index (κ1) is 16.8. The smallest absolute Gasteiger partial charge is 0.0991 e. The van der Waals surface area contributed by atoms with Gasteiger partial charge in [0.05, 0.1) is 23.3 Å². The van der Waals surface area contributed by atoms with Gasteiger partial charge >= 0.3 is 0 Å². The lowest BCUT2D eigenvalue weighted by atomic mass is 10.0. The van der Waals surface area contributed by atoms with Gasteiger partial charge in [-0.2, -0.15) is 10.5 Å². The second-order valence-electron chi connectivity index (χ2n) is 7.02. The fourth-order valence-electron chi connectivity index (χ4n) is 3.74. The maximum Gasteiger partial charge on any atom is 0.0991 e. The van der Waals surface area contributed by atoms with E-state index in [9.17, 15) is 0 Å². The summed E-state index contributed by atoms with van der Waals surface area (Å²) in [5.41, 5.74) is 7.89. The third kappa shape index (κ3) is 2.92. The van der Waals surface area contributed by atoms with E-state index in [1.54, 1.807) is 0 Å². The van der Waals surface area contributed by atoms with Gasteiger partial charge in [-0.1, -0.05) is 48.5 Å². The number of fused-ring (bicyclic) bond motifs is 3. The van der Waals surface area contributed by atoms with Crippen molar-refractivity contribution in [3.63, 3.8) is 0 Å². The molecule has 0 bridgehead atoms. The molecule has 0 saturated carbocycles. The first-order chi connectivity index (χ1) is 14.2. The fraction of sp³-hybridized carbons (Fsp3) is 0. The highest BCUT2D eigenvalue weighted by molar-refractivity contribution is 6.09. The van der Waals surface area contributed by atoms with Crippen LogP contribution in [0.3, 0.4) is 0 Å². The summed E-state index contributed by atoms with van der Waals surface area (Å²) in [6.45, 7) is 0. The van der Waals surface area contributed by atoms with E-state index in [2.05, 4.69) is 53.5 Å². The Kier molecular flexibility index (Phi) is 3.87. The van der Waals surface area contributed by atoms with E-state index in [0.717, 1.165) is 33.3 Å². The standard InChI is InChI=1S/C26H15N3/c27-15-17-1-5-19(6-2-17)21-9-11-23-24-12-10-22(14-26(24)29-25(23)13-21)20-7-3-18(16-28)4-8-20/h1-14,29H.